The van der Waals surface area contributed by atoms with Crippen molar-refractivity contribution in [3.63, 3.8) is 0 Å². The van der Waals surface area contributed by atoms with E-state index in [1.54, 1.807) is 21.3 Å². The smallest absolute Gasteiger partial charge is 0.285 e. The third kappa shape index (κ3) is 13.1. The summed E-state index contributed by atoms with van der Waals surface area (Å²) in [5, 5.41) is 0. The largest absolute Gasteiger partial charge is 0.331 e. The Hall–Kier alpha value is -0.160. The predicted molar refractivity (Wildman–Crippen MR) is 120 cm³/mol. The molecular formula is C24H51NO3. The third-order valence-electron chi connectivity index (χ3n) is 6.02. The molecule has 0 rings (SSSR count). The van der Waals surface area contributed by atoms with E-state index in [1.807, 2.05) is 0 Å². The molecule has 0 aliphatic carbocycles. The fraction of sp³-hybridized carbons (Fsp3) is 1.00. The molecule has 0 aromatic heterocycles. The Labute approximate surface area is 176 Å². The van der Waals surface area contributed by atoms with E-state index >= 15 is 0 Å². The molecular weight excluding hydrogens is 350 g/mol. The van der Waals surface area contributed by atoms with Crippen molar-refractivity contribution >= 4 is 0 Å². The molecule has 0 aliphatic heterocycles. The lowest BCUT2D eigenvalue weighted by atomic mass is 9.91. The predicted octanol–water partition coefficient (Wildman–Crippen LogP) is 6.81. The normalized spacial score (nSPS) is 13.2. The van der Waals surface area contributed by atoms with Gasteiger partial charge in [0, 0.05) is 27.2 Å². The highest BCUT2D eigenvalue weighted by Crippen LogP contribution is 2.33. The summed E-state index contributed by atoms with van der Waals surface area (Å²) in [4.78, 5) is 0. The lowest BCUT2D eigenvalue weighted by Crippen LogP contribution is -2.44. The number of hydrogen-bond donors (Lipinski definition) is 1. The second-order valence-corrected chi connectivity index (χ2v) is 8.23. The Morgan fingerprint density at radius 1 is 0.571 bits per heavy atom. The molecule has 0 aromatic carbocycles. The summed E-state index contributed by atoms with van der Waals surface area (Å²) in [6.45, 7) is 3.11. The summed E-state index contributed by atoms with van der Waals surface area (Å²) in [6.07, 6.45) is 21.9. The molecule has 4 nitrogen and oxygen atoms in total. The number of nitrogens with two attached hydrogens (primary N) is 1. The fourth-order valence-corrected chi connectivity index (χ4v) is 4.19. The molecule has 4 heteroatoms. The van der Waals surface area contributed by atoms with Crippen LogP contribution in [0.1, 0.15) is 116 Å². The minimum Gasteiger partial charge on any atom is -0.331 e. The lowest BCUT2D eigenvalue weighted by Gasteiger charge is -2.36. The number of ether oxygens (including phenoxy) is 3. The summed E-state index contributed by atoms with van der Waals surface area (Å²) in [6, 6.07) is 0. The van der Waals surface area contributed by atoms with Crippen LogP contribution in [0.3, 0.4) is 0 Å². The van der Waals surface area contributed by atoms with Crippen molar-refractivity contribution in [2.24, 2.45) is 11.7 Å². The summed E-state index contributed by atoms with van der Waals surface area (Å²) in [5.74, 6) is -0.582. The minimum absolute atomic E-state index is 0.301. The molecule has 28 heavy (non-hydrogen) atoms. The SMILES string of the molecule is CCCCCCCCC(CCCCCCCCCCCN)C(OC)(OC)OC. The molecule has 0 amide bonds. The zero-order chi connectivity index (χ0) is 20.9. The van der Waals surface area contributed by atoms with Gasteiger partial charge in [-0.15, -0.1) is 0 Å². The van der Waals surface area contributed by atoms with E-state index < -0.39 is 5.97 Å². The Bertz CT molecular complexity index is 300. The van der Waals surface area contributed by atoms with Gasteiger partial charge in [-0.25, -0.2) is 0 Å². The van der Waals surface area contributed by atoms with Crippen LogP contribution in [0.25, 0.3) is 0 Å². The van der Waals surface area contributed by atoms with E-state index in [2.05, 4.69) is 6.92 Å². The summed E-state index contributed by atoms with van der Waals surface area (Å²) in [5.41, 5.74) is 5.54. The highest BCUT2D eigenvalue weighted by molar-refractivity contribution is 4.71. The van der Waals surface area contributed by atoms with Gasteiger partial charge in [-0.2, -0.15) is 0 Å². The molecule has 1 atom stereocenters. The van der Waals surface area contributed by atoms with E-state index in [1.165, 1.54) is 96.3 Å². The quantitative estimate of drug-likeness (QED) is 0.160. The number of hydrogen-bond acceptors (Lipinski definition) is 4. The summed E-state index contributed by atoms with van der Waals surface area (Å²) >= 11 is 0. The van der Waals surface area contributed by atoms with Crippen LogP contribution in [0, 0.1) is 5.92 Å². The Kier molecular flexibility index (Phi) is 20.0. The molecule has 0 heterocycles. The molecule has 2 N–H and O–H groups in total. The van der Waals surface area contributed by atoms with Gasteiger partial charge < -0.3 is 19.9 Å². The highest BCUT2D eigenvalue weighted by Gasteiger charge is 2.39. The van der Waals surface area contributed by atoms with Crippen LogP contribution in [0.4, 0.5) is 0 Å². The first kappa shape index (κ1) is 27.8. The number of rotatable bonds is 22. The zero-order valence-corrected chi connectivity index (χ0v) is 19.6. The van der Waals surface area contributed by atoms with Crippen LogP contribution >= 0.6 is 0 Å². The van der Waals surface area contributed by atoms with E-state index in [9.17, 15) is 0 Å². The van der Waals surface area contributed by atoms with E-state index in [0.717, 1.165) is 19.4 Å². The molecule has 0 aromatic rings. The minimum atomic E-state index is -0.883. The molecule has 0 fully saturated rings. The van der Waals surface area contributed by atoms with Gasteiger partial charge in [-0.1, -0.05) is 96.8 Å². The Morgan fingerprint density at radius 3 is 1.29 bits per heavy atom. The maximum Gasteiger partial charge on any atom is 0.285 e. The third-order valence-corrected chi connectivity index (χ3v) is 6.02. The van der Waals surface area contributed by atoms with Crippen LogP contribution in [-0.2, 0) is 14.2 Å². The van der Waals surface area contributed by atoms with Crippen molar-refractivity contribution in [2.75, 3.05) is 27.9 Å². The monoisotopic (exact) mass is 401 g/mol. The van der Waals surface area contributed by atoms with Crippen LogP contribution < -0.4 is 5.73 Å². The first-order valence-corrected chi connectivity index (χ1v) is 12.1. The average molecular weight is 402 g/mol. The van der Waals surface area contributed by atoms with Gasteiger partial charge in [0.1, 0.15) is 0 Å². The molecule has 0 bridgehead atoms. The first-order valence-electron chi connectivity index (χ1n) is 12.1. The molecule has 0 aliphatic rings. The van der Waals surface area contributed by atoms with Crippen molar-refractivity contribution in [3.05, 3.63) is 0 Å². The average Bonchev–Trinajstić information content (AvgIpc) is 2.72. The Morgan fingerprint density at radius 2 is 0.929 bits per heavy atom. The van der Waals surface area contributed by atoms with Crippen molar-refractivity contribution in [1.82, 2.24) is 0 Å². The standard InChI is InChI=1S/C24H51NO3/c1-5-6-7-8-14-17-20-23(24(26-2,27-3)28-4)21-18-15-12-10-9-11-13-16-19-22-25/h23H,5-22,25H2,1-4H3. The molecule has 0 saturated carbocycles. The molecule has 1 unspecified atom stereocenters. The van der Waals surface area contributed by atoms with Crippen LogP contribution in [0.15, 0.2) is 0 Å². The summed E-state index contributed by atoms with van der Waals surface area (Å²) < 4.78 is 17.0. The van der Waals surface area contributed by atoms with Gasteiger partial charge >= 0.3 is 0 Å². The maximum absolute atomic E-state index is 5.68. The molecule has 170 valence electrons. The topological polar surface area (TPSA) is 53.7 Å². The van der Waals surface area contributed by atoms with Crippen molar-refractivity contribution in [3.8, 4) is 0 Å². The van der Waals surface area contributed by atoms with Gasteiger partial charge in [-0.3, -0.25) is 0 Å². The van der Waals surface area contributed by atoms with Crippen molar-refractivity contribution in [2.45, 2.75) is 122 Å². The molecule has 0 spiro atoms. The van der Waals surface area contributed by atoms with Gasteiger partial charge in [0.05, 0.1) is 0 Å². The zero-order valence-electron chi connectivity index (χ0n) is 19.6. The van der Waals surface area contributed by atoms with Gasteiger partial charge in [0.2, 0.25) is 0 Å². The van der Waals surface area contributed by atoms with Gasteiger partial charge in [0.25, 0.3) is 5.97 Å². The van der Waals surface area contributed by atoms with Gasteiger partial charge in [0.15, 0.2) is 0 Å². The second-order valence-electron chi connectivity index (χ2n) is 8.23. The van der Waals surface area contributed by atoms with Crippen molar-refractivity contribution < 1.29 is 14.2 Å². The lowest BCUT2D eigenvalue weighted by molar-refractivity contribution is -0.380. The molecule has 0 radical (unpaired) electrons. The van der Waals surface area contributed by atoms with E-state index in [0.29, 0.717) is 5.92 Å². The van der Waals surface area contributed by atoms with Crippen LogP contribution in [-0.4, -0.2) is 33.8 Å². The van der Waals surface area contributed by atoms with Crippen molar-refractivity contribution in [1.29, 1.82) is 0 Å². The fourth-order valence-electron chi connectivity index (χ4n) is 4.19. The summed E-state index contributed by atoms with van der Waals surface area (Å²) in [7, 11) is 5.10. The maximum atomic E-state index is 5.68. The second kappa shape index (κ2) is 20.1. The highest BCUT2D eigenvalue weighted by atomic mass is 16.9. The van der Waals surface area contributed by atoms with Crippen LogP contribution in [0.5, 0.6) is 0 Å². The molecule has 0 saturated heterocycles. The number of unbranched alkanes of at least 4 members (excludes halogenated alkanes) is 13. The van der Waals surface area contributed by atoms with E-state index in [4.69, 9.17) is 19.9 Å². The Balaban J connectivity index is 4.10. The van der Waals surface area contributed by atoms with Crippen LogP contribution in [0.2, 0.25) is 0 Å². The first-order chi connectivity index (χ1) is 13.7. The van der Waals surface area contributed by atoms with E-state index in [-0.39, 0.29) is 0 Å². The number of methoxy groups -OCH3 is 3. The van der Waals surface area contributed by atoms with Gasteiger partial charge in [-0.05, 0) is 25.8 Å².